The predicted octanol–water partition coefficient (Wildman–Crippen LogP) is 4.60. The van der Waals surface area contributed by atoms with E-state index in [0.29, 0.717) is 0 Å². The Hall–Kier alpha value is 0. The lowest BCUT2D eigenvalue weighted by molar-refractivity contribution is 0.0954. The van der Waals surface area contributed by atoms with Crippen LogP contribution in [-0.2, 0) is 0 Å². The molecule has 0 aromatic rings. The molecule has 3 fully saturated rings. The van der Waals surface area contributed by atoms with Crippen molar-refractivity contribution < 1.29 is 0 Å². The van der Waals surface area contributed by atoms with Gasteiger partial charge in [0.25, 0.3) is 0 Å². The highest BCUT2D eigenvalue weighted by molar-refractivity contribution is 4.98. The summed E-state index contributed by atoms with van der Waals surface area (Å²) in [6, 6.07) is 0. The summed E-state index contributed by atoms with van der Waals surface area (Å²) in [7, 11) is 0. The fourth-order valence-electron chi connectivity index (χ4n) is 4.67. The highest BCUT2D eigenvalue weighted by Gasteiger charge is 2.41. The maximum atomic E-state index is 2.65. The molecular formula is C15H25. The zero-order chi connectivity index (χ0) is 10.1. The van der Waals surface area contributed by atoms with Gasteiger partial charge < -0.3 is 0 Å². The van der Waals surface area contributed by atoms with Crippen LogP contribution in [0.1, 0.15) is 64.2 Å². The van der Waals surface area contributed by atoms with Crippen molar-refractivity contribution in [2.24, 2.45) is 23.7 Å². The fourth-order valence-corrected chi connectivity index (χ4v) is 4.67. The minimum absolute atomic E-state index is 1.03. The summed E-state index contributed by atoms with van der Waals surface area (Å²) in [4.78, 5) is 0. The average Bonchev–Trinajstić information content (AvgIpc) is 2.65. The predicted molar refractivity (Wildman–Crippen MR) is 64.4 cm³/mol. The Morgan fingerprint density at radius 1 is 0.667 bits per heavy atom. The number of hydrogen-bond acceptors (Lipinski definition) is 0. The van der Waals surface area contributed by atoms with E-state index in [-0.39, 0.29) is 0 Å². The van der Waals surface area contributed by atoms with Gasteiger partial charge in [-0.2, -0.15) is 0 Å². The van der Waals surface area contributed by atoms with Crippen LogP contribution in [0.25, 0.3) is 0 Å². The first-order valence-electron chi connectivity index (χ1n) is 7.28. The van der Waals surface area contributed by atoms with Crippen molar-refractivity contribution in [2.45, 2.75) is 64.2 Å². The fraction of sp³-hybridized carbons (Fsp3) is 0.933. The van der Waals surface area contributed by atoms with Gasteiger partial charge in [-0.15, -0.1) is 0 Å². The molecular weight excluding hydrogens is 180 g/mol. The highest BCUT2D eigenvalue weighted by atomic mass is 14.5. The molecule has 4 atom stereocenters. The number of fused-ring (bicyclic) bond motifs is 3. The molecule has 0 saturated heterocycles. The molecule has 0 amide bonds. The van der Waals surface area contributed by atoms with Crippen molar-refractivity contribution in [3.63, 3.8) is 0 Å². The molecule has 4 unspecified atom stereocenters. The lowest BCUT2D eigenvalue weighted by Gasteiger charge is -2.41. The van der Waals surface area contributed by atoms with Gasteiger partial charge in [0.15, 0.2) is 0 Å². The van der Waals surface area contributed by atoms with Crippen molar-refractivity contribution in [1.29, 1.82) is 0 Å². The summed E-state index contributed by atoms with van der Waals surface area (Å²) >= 11 is 0. The highest BCUT2D eigenvalue weighted by Crippen LogP contribution is 2.50. The third-order valence-corrected chi connectivity index (χ3v) is 5.41. The second-order valence-electron chi connectivity index (χ2n) is 6.13. The van der Waals surface area contributed by atoms with Gasteiger partial charge in [0, 0.05) is 0 Å². The maximum absolute atomic E-state index is 2.65. The zero-order valence-electron chi connectivity index (χ0n) is 9.96. The van der Waals surface area contributed by atoms with Gasteiger partial charge in [-0.25, -0.2) is 0 Å². The van der Waals surface area contributed by atoms with Gasteiger partial charge >= 0.3 is 0 Å². The molecule has 0 spiro atoms. The van der Waals surface area contributed by atoms with E-state index in [2.05, 4.69) is 6.42 Å². The van der Waals surface area contributed by atoms with E-state index in [1.54, 1.807) is 19.3 Å². The van der Waals surface area contributed by atoms with Crippen LogP contribution in [0.2, 0.25) is 0 Å². The maximum Gasteiger partial charge on any atom is -0.0352 e. The van der Waals surface area contributed by atoms with Crippen LogP contribution < -0.4 is 0 Å². The Morgan fingerprint density at radius 3 is 2.47 bits per heavy atom. The average molecular weight is 205 g/mol. The molecule has 85 valence electrons. The van der Waals surface area contributed by atoms with Gasteiger partial charge in [-0.3, -0.25) is 0 Å². The molecule has 0 aromatic carbocycles. The van der Waals surface area contributed by atoms with Crippen LogP contribution >= 0.6 is 0 Å². The number of rotatable bonds is 0. The molecule has 0 bridgehead atoms. The largest absolute Gasteiger partial charge is 0.0533 e. The molecule has 3 aliphatic rings. The molecule has 0 nitrogen and oxygen atoms in total. The molecule has 0 aliphatic heterocycles. The monoisotopic (exact) mass is 205 g/mol. The molecule has 3 aliphatic carbocycles. The lowest BCUT2D eigenvalue weighted by atomic mass is 9.64. The first-order valence-corrected chi connectivity index (χ1v) is 7.28. The molecule has 3 saturated carbocycles. The van der Waals surface area contributed by atoms with E-state index >= 15 is 0 Å². The van der Waals surface area contributed by atoms with Crippen molar-refractivity contribution in [2.75, 3.05) is 0 Å². The summed E-state index contributed by atoms with van der Waals surface area (Å²) in [5, 5.41) is 0. The van der Waals surface area contributed by atoms with Gasteiger partial charge in [-0.05, 0) is 62.2 Å². The molecule has 15 heavy (non-hydrogen) atoms. The third kappa shape index (κ3) is 1.97. The van der Waals surface area contributed by atoms with Gasteiger partial charge in [0.05, 0.1) is 0 Å². The summed E-state index contributed by atoms with van der Waals surface area (Å²) in [6.07, 6.45) is 17.9. The molecule has 0 heteroatoms. The lowest BCUT2D eigenvalue weighted by Crippen LogP contribution is -2.32. The van der Waals surface area contributed by atoms with Crippen LogP contribution in [0.15, 0.2) is 0 Å². The topological polar surface area (TPSA) is 0 Å². The smallest absolute Gasteiger partial charge is 0.0352 e. The minimum atomic E-state index is 1.03. The molecule has 3 rings (SSSR count). The van der Waals surface area contributed by atoms with Crippen LogP contribution in [-0.4, -0.2) is 0 Å². The second kappa shape index (κ2) is 4.47. The Kier molecular flexibility index (Phi) is 3.03. The summed E-state index contributed by atoms with van der Waals surface area (Å²) in [5.41, 5.74) is 0. The van der Waals surface area contributed by atoms with E-state index in [1.165, 1.54) is 44.9 Å². The van der Waals surface area contributed by atoms with Crippen molar-refractivity contribution in [3.05, 3.63) is 6.42 Å². The van der Waals surface area contributed by atoms with Crippen LogP contribution in [0.3, 0.4) is 0 Å². The van der Waals surface area contributed by atoms with Crippen LogP contribution in [0.4, 0.5) is 0 Å². The Balaban J connectivity index is 1.72. The van der Waals surface area contributed by atoms with Crippen molar-refractivity contribution in [3.8, 4) is 0 Å². The minimum Gasteiger partial charge on any atom is -0.0533 e. The van der Waals surface area contributed by atoms with Gasteiger partial charge in [0.2, 0.25) is 0 Å². The Bertz CT molecular complexity index is 208. The van der Waals surface area contributed by atoms with E-state index in [0.717, 1.165) is 23.7 Å². The standard InChI is InChI=1S/C15H25/c1-2-4-8-14-12(6-3-1)10-11-13-7-5-9-15(13)14/h7,12-15H,1-6,8-11H2. The molecule has 0 heterocycles. The van der Waals surface area contributed by atoms with Gasteiger partial charge in [-0.1, -0.05) is 32.1 Å². The van der Waals surface area contributed by atoms with E-state index in [4.69, 9.17) is 0 Å². The summed E-state index contributed by atoms with van der Waals surface area (Å²) in [5.74, 6) is 4.40. The van der Waals surface area contributed by atoms with E-state index in [1.807, 2.05) is 0 Å². The SMILES string of the molecule is [CH]1CCC2C1CCC1CCCCCCC12. The van der Waals surface area contributed by atoms with Gasteiger partial charge in [0.1, 0.15) is 0 Å². The Morgan fingerprint density at radius 2 is 1.53 bits per heavy atom. The Labute approximate surface area is 94.8 Å². The first kappa shape index (κ1) is 10.2. The molecule has 0 N–H and O–H groups in total. The zero-order valence-corrected chi connectivity index (χ0v) is 9.96. The molecule has 1 radical (unpaired) electrons. The second-order valence-corrected chi connectivity index (χ2v) is 6.13. The van der Waals surface area contributed by atoms with Crippen LogP contribution in [0, 0.1) is 30.1 Å². The van der Waals surface area contributed by atoms with Crippen LogP contribution in [0.5, 0.6) is 0 Å². The summed E-state index contributed by atoms with van der Waals surface area (Å²) in [6.45, 7) is 0. The normalized spacial score (nSPS) is 46.4. The van der Waals surface area contributed by atoms with E-state index < -0.39 is 0 Å². The first-order chi connectivity index (χ1) is 7.45. The summed E-state index contributed by atoms with van der Waals surface area (Å²) < 4.78 is 0. The third-order valence-electron chi connectivity index (χ3n) is 5.41. The molecule has 0 aromatic heterocycles. The van der Waals surface area contributed by atoms with Crippen molar-refractivity contribution in [1.82, 2.24) is 0 Å². The van der Waals surface area contributed by atoms with E-state index in [9.17, 15) is 0 Å². The number of hydrogen-bond donors (Lipinski definition) is 0. The quantitative estimate of drug-likeness (QED) is 0.542. The van der Waals surface area contributed by atoms with Crippen molar-refractivity contribution >= 4 is 0 Å².